The maximum atomic E-state index is 13.4. The first kappa shape index (κ1) is 30.2. The van der Waals surface area contributed by atoms with Crippen molar-refractivity contribution in [3.8, 4) is 22.8 Å². The smallest absolute Gasteiger partial charge is 0.289 e. The average molecular weight is 584 g/mol. The Hall–Kier alpha value is -4.31. The normalized spacial score (nSPS) is 13.1. The first-order valence-corrected chi connectivity index (χ1v) is 15.3. The molecule has 0 atom stereocenters. The molecular weight excluding hydrogens is 542 g/mol. The molecule has 4 aromatic rings. The fraction of sp³-hybridized carbons (Fsp3) is 0.424. The second kappa shape index (κ2) is 13.8. The Morgan fingerprint density at radius 2 is 1.47 bits per heavy atom. The summed E-state index contributed by atoms with van der Waals surface area (Å²) < 4.78 is 7.55. The van der Waals surface area contributed by atoms with Crippen molar-refractivity contribution in [1.82, 2.24) is 35.3 Å². The summed E-state index contributed by atoms with van der Waals surface area (Å²) >= 11 is 0. The minimum atomic E-state index is -0.279. The van der Waals surface area contributed by atoms with Gasteiger partial charge in [-0.25, -0.2) is 14.6 Å². The highest BCUT2D eigenvalue weighted by Gasteiger charge is 2.23. The molecule has 3 heterocycles. The molecular formula is C33H41N7O3. The summed E-state index contributed by atoms with van der Waals surface area (Å²) in [5.74, 6) is 0.725. The van der Waals surface area contributed by atoms with Crippen molar-refractivity contribution < 1.29 is 14.0 Å². The van der Waals surface area contributed by atoms with E-state index in [0.717, 1.165) is 50.9 Å². The van der Waals surface area contributed by atoms with Crippen LogP contribution < -0.4 is 10.6 Å². The molecule has 2 aromatic carbocycles. The van der Waals surface area contributed by atoms with Gasteiger partial charge in [-0.1, -0.05) is 64.1 Å². The standard InChI is InChI=1S/C33H41N7O3/c1-5-26(6-2)35-31(41)28-19-34-33(43-28)23-15-11-14-22(18-23)29-37-30(32(42)36-27(7-3)8-4)40(38-29)17-16-39-20-24-12-9-10-13-25(24)21-39/h9-15,18-19,26-27H,5-8,16-17,20-21H2,1-4H3,(H,35,41)(H,36,42). The second-order valence-electron chi connectivity index (χ2n) is 11.0. The molecule has 0 spiro atoms. The second-order valence-corrected chi connectivity index (χ2v) is 11.0. The van der Waals surface area contributed by atoms with Gasteiger partial charge in [-0.2, -0.15) is 5.10 Å². The molecule has 0 saturated heterocycles. The van der Waals surface area contributed by atoms with Crippen molar-refractivity contribution in [2.75, 3.05) is 6.54 Å². The van der Waals surface area contributed by atoms with Crippen molar-refractivity contribution in [3.05, 3.63) is 77.4 Å². The molecule has 10 nitrogen and oxygen atoms in total. The van der Waals surface area contributed by atoms with Gasteiger partial charge in [-0.05, 0) is 48.9 Å². The van der Waals surface area contributed by atoms with E-state index in [0.29, 0.717) is 29.6 Å². The lowest BCUT2D eigenvalue weighted by molar-refractivity contribution is 0.0903. The van der Waals surface area contributed by atoms with E-state index in [4.69, 9.17) is 14.5 Å². The predicted octanol–water partition coefficient (Wildman–Crippen LogP) is 5.45. The van der Waals surface area contributed by atoms with Gasteiger partial charge in [0.15, 0.2) is 5.82 Å². The van der Waals surface area contributed by atoms with Crippen LogP contribution in [0, 0.1) is 0 Å². The highest BCUT2D eigenvalue weighted by molar-refractivity contribution is 5.92. The number of benzene rings is 2. The zero-order chi connectivity index (χ0) is 30.3. The zero-order valence-electron chi connectivity index (χ0n) is 25.5. The minimum absolute atomic E-state index is 0.0684. The number of hydrogen-bond acceptors (Lipinski definition) is 7. The number of hydrogen-bond donors (Lipinski definition) is 2. The van der Waals surface area contributed by atoms with Crippen LogP contribution in [-0.2, 0) is 19.6 Å². The van der Waals surface area contributed by atoms with Gasteiger partial charge >= 0.3 is 0 Å². The van der Waals surface area contributed by atoms with Crippen LogP contribution in [0.25, 0.3) is 22.8 Å². The van der Waals surface area contributed by atoms with E-state index in [9.17, 15) is 9.59 Å². The molecule has 2 N–H and O–H groups in total. The molecule has 1 aliphatic rings. The number of nitrogens with one attached hydrogen (secondary N) is 2. The molecule has 0 unspecified atom stereocenters. The van der Waals surface area contributed by atoms with Crippen molar-refractivity contribution in [2.24, 2.45) is 0 Å². The summed E-state index contributed by atoms with van der Waals surface area (Å²) in [7, 11) is 0. The van der Waals surface area contributed by atoms with Crippen molar-refractivity contribution in [1.29, 1.82) is 0 Å². The lowest BCUT2D eigenvalue weighted by atomic mass is 10.1. The van der Waals surface area contributed by atoms with Crippen LogP contribution in [0.1, 0.15) is 85.7 Å². The summed E-state index contributed by atoms with van der Waals surface area (Å²) in [6.07, 6.45) is 4.81. The van der Waals surface area contributed by atoms with E-state index in [1.807, 2.05) is 38.1 Å². The van der Waals surface area contributed by atoms with Crippen LogP contribution in [0.15, 0.2) is 59.1 Å². The first-order chi connectivity index (χ1) is 20.9. The third-order valence-electron chi connectivity index (χ3n) is 8.15. The molecule has 0 bridgehead atoms. The Morgan fingerprint density at radius 1 is 0.837 bits per heavy atom. The number of rotatable bonds is 13. The van der Waals surface area contributed by atoms with E-state index in [1.165, 1.54) is 17.3 Å². The number of carbonyl (C=O) groups is 2. The van der Waals surface area contributed by atoms with Crippen LogP contribution in [0.4, 0.5) is 0 Å². The number of amides is 2. The molecule has 43 heavy (non-hydrogen) atoms. The lowest BCUT2D eigenvalue weighted by Gasteiger charge is -2.17. The fourth-order valence-electron chi connectivity index (χ4n) is 5.38. The number of fused-ring (bicyclic) bond motifs is 1. The Bertz CT molecular complexity index is 1530. The van der Waals surface area contributed by atoms with E-state index in [2.05, 4.69) is 58.6 Å². The maximum absolute atomic E-state index is 13.4. The number of aromatic nitrogens is 4. The minimum Gasteiger partial charge on any atom is -0.431 e. The third-order valence-corrected chi connectivity index (χ3v) is 8.15. The maximum Gasteiger partial charge on any atom is 0.289 e. The predicted molar refractivity (Wildman–Crippen MR) is 165 cm³/mol. The van der Waals surface area contributed by atoms with Crippen LogP contribution in [0.3, 0.4) is 0 Å². The molecule has 2 aromatic heterocycles. The van der Waals surface area contributed by atoms with Crippen LogP contribution in [0.2, 0.25) is 0 Å². The van der Waals surface area contributed by atoms with Crippen molar-refractivity contribution in [2.45, 2.75) is 85.1 Å². The fourth-order valence-corrected chi connectivity index (χ4v) is 5.38. The van der Waals surface area contributed by atoms with Gasteiger partial charge in [-0.3, -0.25) is 14.5 Å². The molecule has 226 valence electrons. The molecule has 1 aliphatic heterocycles. The van der Waals surface area contributed by atoms with Crippen molar-refractivity contribution in [3.63, 3.8) is 0 Å². The number of oxazole rings is 1. The Balaban J connectivity index is 1.37. The van der Waals surface area contributed by atoms with E-state index in [1.54, 1.807) is 4.68 Å². The summed E-state index contributed by atoms with van der Waals surface area (Å²) in [6.45, 7) is 11.2. The molecule has 5 rings (SSSR count). The van der Waals surface area contributed by atoms with Gasteiger partial charge in [0.2, 0.25) is 17.5 Å². The van der Waals surface area contributed by atoms with E-state index >= 15 is 0 Å². The Morgan fingerprint density at radius 3 is 2.12 bits per heavy atom. The Kier molecular flexibility index (Phi) is 9.66. The van der Waals surface area contributed by atoms with Gasteiger partial charge in [0.05, 0.1) is 12.7 Å². The highest BCUT2D eigenvalue weighted by Crippen LogP contribution is 2.26. The van der Waals surface area contributed by atoms with Crippen LogP contribution in [0.5, 0.6) is 0 Å². The molecule has 0 radical (unpaired) electrons. The number of carbonyl (C=O) groups excluding carboxylic acids is 2. The van der Waals surface area contributed by atoms with Gasteiger partial charge in [-0.15, -0.1) is 0 Å². The summed E-state index contributed by atoms with van der Waals surface area (Å²) in [4.78, 5) is 37.4. The van der Waals surface area contributed by atoms with Gasteiger partial charge in [0.25, 0.3) is 11.8 Å². The third kappa shape index (κ3) is 7.02. The zero-order valence-corrected chi connectivity index (χ0v) is 25.5. The van der Waals surface area contributed by atoms with Crippen molar-refractivity contribution >= 4 is 11.8 Å². The molecule has 10 heteroatoms. The topological polar surface area (TPSA) is 118 Å². The van der Waals surface area contributed by atoms with Gasteiger partial charge in [0, 0.05) is 42.8 Å². The molecule has 2 amide bonds. The van der Waals surface area contributed by atoms with E-state index in [-0.39, 0.29) is 29.7 Å². The quantitative estimate of drug-likeness (QED) is 0.215. The lowest BCUT2D eigenvalue weighted by Crippen LogP contribution is -2.36. The SMILES string of the molecule is CCC(CC)NC(=O)c1cnc(-c2cccc(-c3nc(C(=O)NC(CC)CC)n(CCN4Cc5ccccc5C4)n3)c2)o1. The monoisotopic (exact) mass is 583 g/mol. The molecule has 0 fully saturated rings. The van der Waals surface area contributed by atoms with Crippen LogP contribution >= 0.6 is 0 Å². The Labute approximate surface area is 252 Å². The highest BCUT2D eigenvalue weighted by atomic mass is 16.4. The summed E-state index contributed by atoms with van der Waals surface area (Å²) in [6, 6.07) is 16.1. The summed E-state index contributed by atoms with van der Waals surface area (Å²) in [5, 5.41) is 10.9. The van der Waals surface area contributed by atoms with Gasteiger partial charge in [0.1, 0.15) is 0 Å². The average Bonchev–Trinajstić information content (AvgIpc) is 3.79. The number of nitrogens with zero attached hydrogens (tertiary/aromatic N) is 5. The molecule has 0 aliphatic carbocycles. The summed E-state index contributed by atoms with van der Waals surface area (Å²) in [5.41, 5.74) is 4.09. The van der Waals surface area contributed by atoms with E-state index < -0.39 is 0 Å². The van der Waals surface area contributed by atoms with Crippen LogP contribution in [-0.4, -0.2) is 55.1 Å². The molecule has 0 saturated carbocycles. The van der Waals surface area contributed by atoms with Gasteiger partial charge < -0.3 is 15.1 Å². The largest absolute Gasteiger partial charge is 0.431 e. The first-order valence-electron chi connectivity index (χ1n) is 15.3.